The number of nitrogens with zero attached hydrogens (tertiary/aromatic N) is 5. The molecule has 2 atom stereocenters. The second kappa shape index (κ2) is 5.27. The Labute approximate surface area is 138 Å². The predicted octanol–water partition coefficient (Wildman–Crippen LogP) is 2.08. The maximum Gasteiger partial charge on any atom is 0.245 e. The molecule has 8 heteroatoms. The van der Waals surface area contributed by atoms with Gasteiger partial charge in [0.1, 0.15) is 12.0 Å². The lowest BCUT2D eigenvalue weighted by Crippen LogP contribution is -2.31. The zero-order valence-electron chi connectivity index (χ0n) is 13.7. The Morgan fingerprint density at radius 3 is 2.96 bits per heavy atom. The molecule has 1 fully saturated rings. The van der Waals surface area contributed by atoms with Crippen LogP contribution in [0.2, 0.25) is 0 Å². The smallest absolute Gasteiger partial charge is 0.245 e. The largest absolute Gasteiger partial charge is 0.443 e. The molecule has 0 aliphatic heterocycles. The SMILES string of the molecule is Cc1c(-c2ncco2)nc(N)n2nc(C3CCCC(C)(O)C3)nc12. The van der Waals surface area contributed by atoms with Crippen LogP contribution < -0.4 is 5.73 Å². The average Bonchev–Trinajstić information content (AvgIpc) is 3.19. The quantitative estimate of drug-likeness (QED) is 0.740. The molecule has 0 saturated heterocycles. The summed E-state index contributed by atoms with van der Waals surface area (Å²) in [6.45, 7) is 3.77. The predicted molar refractivity (Wildman–Crippen MR) is 87.3 cm³/mol. The number of nitrogens with two attached hydrogens (primary N) is 1. The maximum atomic E-state index is 10.3. The Kier molecular flexibility index (Phi) is 3.31. The molecule has 3 aromatic rings. The van der Waals surface area contributed by atoms with E-state index in [2.05, 4.69) is 20.1 Å². The fourth-order valence-corrected chi connectivity index (χ4v) is 3.49. The molecule has 0 amide bonds. The standard InChI is InChI=1S/C16H20N6O2/c1-9-11(14-18-6-7-24-14)19-15(17)22-13(9)20-12(21-22)10-4-3-5-16(2,23)8-10/h6-7,10,23H,3-5,8H2,1-2H3,(H2,17,19). The molecule has 1 aliphatic carbocycles. The first-order chi connectivity index (χ1) is 11.4. The van der Waals surface area contributed by atoms with Crippen molar-refractivity contribution in [2.45, 2.75) is 51.0 Å². The molecular weight excluding hydrogens is 308 g/mol. The summed E-state index contributed by atoms with van der Waals surface area (Å²) >= 11 is 0. The number of oxazole rings is 1. The Hall–Kier alpha value is -2.48. The van der Waals surface area contributed by atoms with Crippen LogP contribution in [-0.4, -0.2) is 35.3 Å². The van der Waals surface area contributed by atoms with Gasteiger partial charge in [0, 0.05) is 11.5 Å². The van der Waals surface area contributed by atoms with Crippen LogP contribution >= 0.6 is 0 Å². The van der Waals surface area contributed by atoms with Gasteiger partial charge in [-0.2, -0.15) is 4.52 Å². The van der Waals surface area contributed by atoms with Crippen LogP contribution in [0.4, 0.5) is 5.95 Å². The highest BCUT2D eigenvalue weighted by atomic mass is 16.3. The van der Waals surface area contributed by atoms with E-state index in [1.165, 1.54) is 6.26 Å². The van der Waals surface area contributed by atoms with Gasteiger partial charge in [-0.3, -0.25) is 0 Å². The topological polar surface area (TPSA) is 115 Å². The number of aryl methyl sites for hydroxylation is 1. The van der Waals surface area contributed by atoms with Gasteiger partial charge in [0.2, 0.25) is 11.8 Å². The number of aliphatic hydroxyl groups is 1. The third kappa shape index (κ3) is 2.43. The van der Waals surface area contributed by atoms with Crippen LogP contribution in [-0.2, 0) is 0 Å². The lowest BCUT2D eigenvalue weighted by molar-refractivity contribution is 0.0134. The van der Waals surface area contributed by atoms with Gasteiger partial charge >= 0.3 is 0 Å². The molecule has 24 heavy (non-hydrogen) atoms. The van der Waals surface area contributed by atoms with Crippen molar-refractivity contribution in [2.75, 3.05) is 5.73 Å². The van der Waals surface area contributed by atoms with E-state index in [0.717, 1.165) is 24.8 Å². The van der Waals surface area contributed by atoms with Gasteiger partial charge in [-0.15, -0.1) is 5.10 Å². The highest BCUT2D eigenvalue weighted by Gasteiger charge is 2.33. The molecule has 0 radical (unpaired) electrons. The van der Waals surface area contributed by atoms with Crippen LogP contribution in [0.1, 0.15) is 49.9 Å². The summed E-state index contributed by atoms with van der Waals surface area (Å²) in [5.41, 5.74) is 7.43. The molecule has 1 saturated carbocycles. The van der Waals surface area contributed by atoms with E-state index in [1.807, 2.05) is 13.8 Å². The van der Waals surface area contributed by atoms with E-state index in [9.17, 15) is 5.11 Å². The molecule has 3 aromatic heterocycles. The third-order valence-corrected chi connectivity index (χ3v) is 4.71. The van der Waals surface area contributed by atoms with Gasteiger partial charge in [-0.25, -0.2) is 15.0 Å². The monoisotopic (exact) mass is 328 g/mol. The summed E-state index contributed by atoms with van der Waals surface area (Å²) in [7, 11) is 0. The maximum absolute atomic E-state index is 10.3. The molecule has 0 aromatic carbocycles. The van der Waals surface area contributed by atoms with E-state index in [-0.39, 0.29) is 11.9 Å². The van der Waals surface area contributed by atoms with Crippen LogP contribution in [0.5, 0.6) is 0 Å². The van der Waals surface area contributed by atoms with E-state index >= 15 is 0 Å². The van der Waals surface area contributed by atoms with E-state index in [0.29, 0.717) is 29.5 Å². The summed E-state index contributed by atoms with van der Waals surface area (Å²) in [6, 6.07) is 0. The van der Waals surface area contributed by atoms with Crippen molar-refractivity contribution in [3.63, 3.8) is 0 Å². The van der Waals surface area contributed by atoms with Crippen molar-refractivity contribution in [3.8, 4) is 11.6 Å². The molecule has 4 rings (SSSR count). The second-order valence-electron chi connectivity index (χ2n) is 6.78. The first kappa shape index (κ1) is 15.1. The molecular formula is C16H20N6O2. The molecule has 0 spiro atoms. The van der Waals surface area contributed by atoms with Gasteiger partial charge < -0.3 is 15.3 Å². The van der Waals surface area contributed by atoms with Gasteiger partial charge in [0.05, 0.1) is 11.8 Å². The van der Waals surface area contributed by atoms with Crippen molar-refractivity contribution in [2.24, 2.45) is 0 Å². The zero-order chi connectivity index (χ0) is 16.9. The summed E-state index contributed by atoms with van der Waals surface area (Å²) in [5, 5.41) is 14.9. The molecule has 126 valence electrons. The number of anilines is 1. The van der Waals surface area contributed by atoms with E-state index in [4.69, 9.17) is 10.2 Å². The number of hydrogen-bond donors (Lipinski definition) is 2. The van der Waals surface area contributed by atoms with Gasteiger partial charge in [0.25, 0.3) is 0 Å². The lowest BCUT2D eigenvalue weighted by Gasteiger charge is -2.32. The summed E-state index contributed by atoms with van der Waals surface area (Å²) in [6.07, 6.45) is 6.46. The third-order valence-electron chi connectivity index (χ3n) is 4.71. The lowest BCUT2D eigenvalue weighted by atomic mass is 9.79. The normalized spacial score (nSPS) is 24.5. The number of nitrogen functional groups attached to an aromatic ring is 1. The van der Waals surface area contributed by atoms with E-state index < -0.39 is 5.60 Å². The summed E-state index contributed by atoms with van der Waals surface area (Å²) in [5.74, 6) is 1.48. The summed E-state index contributed by atoms with van der Waals surface area (Å²) in [4.78, 5) is 13.2. The number of aromatic nitrogens is 5. The van der Waals surface area contributed by atoms with Crippen LogP contribution in [0.3, 0.4) is 0 Å². The first-order valence-electron chi connectivity index (χ1n) is 8.09. The Morgan fingerprint density at radius 1 is 1.42 bits per heavy atom. The molecule has 3 N–H and O–H groups in total. The molecule has 0 bridgehead atoms. The fraction of sp³-hybridized carbons (Fsp3) is 0.500. The summed E-state index contributed by atoms with van der Waals surface area (Å²) < 4.78 is 6.89. The van der Waals surface area contributed by atoms with Gasteiger partial charge in [-0.05, 0) is 39.5 Å². The van der Waals surface area contributed by atoms with Crippen molar-refractivity contribution in [1.29, 1.82) is 0 Å². The molecule has 3 heterocycles. The van der Waals surface area contributed by atoms with Gasteiger partial charge in [0.15, 0.2) is 11.5 Å². The molecule has 1 aliphatic rings. The number of rotatable bonds is 2. The highest BCUT2D eigenvalue weighted by molar-refractivity contribution is 5.65. The average molecular weight is 328 g/mol. The fourth-order valence-electron chi connectivity index (χ4n) is 3.49. The Balaban J connectivity index is 1.81. The van der Waals surface area contributed by atoms with Crippen LogP contribution in [0.15, 0.2) is 16.9 Å². The minimum atomic E-state index is -0.664. The molecule has 8 nitrogen and oxygen atoms in total. The number of fused-ring (bicyclic) bond motifs is 1. The Bertz CT molecular complexity index is 884. The van der Waals surface area contributed by atoms with Crippen molar-refractivity contribution >= 4 is 11.6 Å². The van der Waals surface area contributed by atoms with Crippen LogP contribution in [0.25, 0.3) is 17.2 Å². The highest BCUT2D eigenvalue weighted by Crippen LogP contribution is 2.37. The minimum Gasteiger partial charge on any atom is -0.443 e. The molecule has 2 unspecified atom stereocenters. The van der Waals surface area contributed by atoms with Crippen LogP contribution in [0, 0.1) is 6.92 Å². The zero-order valence-corrected chi connectivity index (χ0v) is 13.7. The van der Waals surface area contributed by atoms with Gasteiger partial charge in [-0.1, -0.05) is 0 Å². The Morgan fingerprint density at radius 2 is 2.25 bits per heavy atom. The van der Waals surface area contributed by atoms with Crippen molar-refractivity contribution < 1.29 is 9.52 Å². The minimum absolute atomic E-state index is 0.123. The van der Waals surface area contributed by atoms with E-state index in [1.54, 1.807) is 10.7 Å². The second-order valence-corrected chi connectivity index (χ2v) is 6.78. The van der Waals surface area contributed by atoms with Crippen molar-refractivity contribution in [3.05, 3.63) is 23.8 Å². The number of hydrogen-bond acceptors (Lipinski definition) is 7. The van der Waals surface area contributed by atoms with Crippen molar-refractivity contribution in [1.82, 2.24) is 24.6 Å². The first-order valence-corrected chi connectivity index (χ1v) is 8.09.